The Hall–Kier alpha value is -1.18. The third-order valence-corrected chi connectivity index (χ3v) is 11.4. The van der Waals surface area contributed by atoms with Crippen molar-refractivity contribution in [2.45, 2.75) is 36.9 Å². The fourth-order valence-electron chi connectivity index (χ4n) is 4.31. The van der Waals surface area contributed by atoms with Crippen LogP contribution in [0.5, 0.6) is 5.75 Å². The Morgan fingerprint density at radius 2 is 1.89 bits per heavy atom. The van der Waals surface area contributed by atoms with Gasteiger partial charge in [-0.2, -0.15) is 4.31 Å². The summed E-state index contributed by atoms with van der Waals surface area (Å²) < 4.78 is 34.8. The van der Waals surface area contributed by atoms with E-state index < -0.39 is 16.1 Å². The lowest BCUT2D eigenvalue weighted by atomic mass is 10.2. The van der Waals surface area contributed by atoms with Gasteiger partial charge in [-0.1, -0.05) is 48.4 Å². The third kappa shape index (κ3) is 6.19. The van der Waals surface area contributed by atoms with Crippen molar-refractivity contribution in [3.63, 3.8) is 0 Å². The first-order chi connectivity index (χ1) is 17.2. The molecule has 0 N–H and O–H groups in total. The van der Waals surface area contributed by atoms with Crippen LogP contribution in [-0.4, -0.2) is 74.4 Å². The molecule has 1 aromatic carbocycles. The minimum atomic E-state index is -3.86. The van der Waals surface area contributed by atoms with Gasteiger partial charge in [-0.15, -0.1) is 23.7 Å². The number of fused-ring (bicyclic) bond motifs is 1. The number of carbonyl (C=O) groups is 1. The maximum atomic E-state index is 14.0. The lowest BCUT2D eigenvalue weighted by Gasteiger charge is -2.29. The molecule has 3 aromatic rings. The molecule has 1 atom stereocenters. The quantitative estimate of drug-likeness (QED) is 0.290. The lowest BCUT2D eigenvalue weighted by Crippen LogP contribution is -2.49. The predicted octanol–water partition coefficient (Wildman–Crippen LogP) is 5.62. The van der Waals surface area contributed by atoms with Crippen LogP contribution in [0.25, 0.3) is 10.2 Å². The highest BCUT2D eigenvalue weighted by molar-refractivity contribution is 7.91. The van der Waals surface area contributed by atoms with Crippen LogP contribution in [0.3, 0.4) is 0 Å². The maximum absolute atomic E-state index is 14.0. The normalized spacial score (nSPS) is 16.3. The maximum Gasteiger partial charge on any atom is 0.253 e. The van der Waals surface area contributed by atoms with E-state index >= 15 is 0 Å². The molecule has 37 heavy (non-hydrogen) atoms. The van der Waals surface area contributed by atoms with Gasteiger partial charge >= 0.3 is 0 Å². The minimum absolute atomic E-state index is 0. The van der Waals surface area contributed by atoms with Gasteiger partial charge in [0.25, 0.3) is 10.0 Å². The number of thiophene rings is 1. The second kappa shape index (κ2) is 12.8. The summed E-state index contributed by atoms with van der Waals surface area (Å²) in [6, 6.07) is 5.71. The number of nitrogens with zero attached hydrogens (tertiary/aromatic N) is 4. The number of likely N-dealkylation sites (N-methyl/N-ethyl adjacent to an activating group) is 1. The number of hydrogen-bond donors (Lipinski definition) is 0. The first-order valence-electron chi connectivity index (χ1n) is 11.6. The average Bonchev–Trinajstić information content (AvgIpc) is 3.62. The van der Waals surface area contributed by atoms with Gasteiger partial charge in [0.05, 0.1) is 21.2 Å². The zero-order valence-corrected chi connectivity index (χ0v) is 25.4. The number of halogens is 3. The molecular weight excluding hydrogens is 599 g/mol. The van der Waals surface area contributed by atoms with Crippen LogP contribution in [0.2, 0.25) is 9.36 Å². The first kappa shape index (κ1) is 30.4. The van der Waals surface area contributed by atoms with Crippen molar-refractivity contribution in [2.75, 3.05) is 44.7 Å². The molecule has 14 heteroatoms. The molecule has 1 aliphatic heterocycles. The fourth-order valence-corrected chi connectivity index (χ4v) is 8.86. The molecule has 0 saturated carbocycles. The number of ether oxygens (including phenoxy) is 1. The van der Waals surface area contributed by atoms with E-state index in [0.29, 0.717) is 51.7 Å². The van der Waals surface area contributed by atoms with Gasteiger partial charge in [0, 0.05) is 19.6 Å². The Balaban J connectivity index is 0.00000380. The molecule has 0 spiro atoms. The molecular formula is C23H29Cl3N4O4S3. The molecule has 2 aromatic heterocycles. The van der Waals surface area contributed by atoms with E-state index in [2.05, 4.69) is 18.7 Å². The Kier molecular flexibility index (Phi) is 10.5. The van der Waals surface area contributed by atoms with Gasteiger partial charge < -0.3 is 9.64 Å². The van der Waals surface area contributed by atoms with Gasteiger partial charge in [0.15, 0.2) is 5.13 Å². The molecule has 0 aliphatic carbocycles. The number of thiazole rings is 1. The monoisotopic (exact) mass is 626 g/mol. The predicted molar refractivity (Wildman–Crippen MR) is 155 cm³/mol. The number of aromatic nitrogens is 1. The van der Waals surface area contributed by atoms with Crippen LogP contribution in [0.15, 0.2) is 28.5 Å². The lowest BCUT2D eigenvalue weighted by molar-refractivity contribution is -0.121. The Morgan fingerprint density at radius 3 is 2.51 bits per heavy atom. The number of methoxy groups -OCH3 is 1. The van der Waals surface area contributed by atoms with E-state index in [1.54, 1.807) is 30.2 Å². The van der Waals surface area contributed by atoms with Crippen LogP contribution in [0, 0.1) is 0 Å². The zero-order chi connectivity index (χ0) is 26.0. The minimum Gasteiger partial charge on any atom is -0.494 e. The summed E-state index contributed by atoms with van der Waals surface area (Å²) >= 11 is 14.7. The van der Waals surface area contributed by atoms with Crippen LogP contribution in [0.4, 0.5) is 5.13 Å². The molecule has 1 saturated heterocycles. The fraction of sp³-hybridized carbons (Fsp3) is 0.478. The van der Waals surface area contributed by atoms with Crippen molar-refractivity contribution in [3.8, 4) is 5.75 Å². The number of rotatable bonds is 10. The van der Waals surface area contributed by atoms with E-state index in [0.717, 1.165) is 29.1 Å². The highest BCUT2D eigenvalue weighted by Crippen LogP contribution is 2.40. The Morgan fingerprint density at radius 1 is 1.16 bits per heavy atom. The molecule has 0 bridgehead atoms. The molecule has 204 valence electrons. The molecule has 1 amide bonds. The number of hydrogen-bond acceptors (Lipinski definition) is 8. The van der Waals surface area contributed by atoms with E-state index in [1.165, 1.54) is 21.7 Å². The Bertz CT molecular complexity index is 1340. The highest BCUT2D eigenvalue weighted by Gasteiger charge is 2.42. The van der Waals surface area contributed by atoms with Crippen LogP contribution in [0.1, 0.15) is 26.7 Å². The number of anilines is 1. The van der Waals surface area contributed by atoms with E-state index in [1.807, 2.05) is 0 Å². The number of benzene rings is 1. The van der Waals surface area contributed by atoms with Gasteiger partial charge in [-0.05, 0) is 50.2 Å². The second-order valence-electron chi connectivity index (χ2n) is 8.27. The number of amides is 1. The standard InChI is InChI=1S/C23H28Cl2N4O4S3.ClH/c1-4-27(5-2)13-14-28(23-26-20-17(33-3)9-8-15(24)21(20)35-23)22(30)16-7-6-12-29(16)36(31,32)19-11-10-18(25)34-19;/h8-11,16H,4-7,12-14H2,1-3H3;1H. The van der Waals surface area contributed by atoms with E-state index in [-0.39, 0.29) is 29.1 Å². The van der Waals surface area contributed by atoms with E-state index in [4.69, 9.17) is 32.9 Å². The topological polar surface area (TPSA) is 83.0 Å². The second-order valence-corrected chi connectivity index (χ2v) is 13.5. The van der Waals surface area contributed by atoms with Crippen LogP contribution >= 0.6 is 58.3 Å². The van der Waals surface area contributed by atoms with Crippen LogP contribution in [-0.2, 0) is 14.8 Å². The molecule has 1 aliphatic rings. The third-order valence-electron chi connectivity index (χ3n) is 6.30. The Labute approximate surface area is 241 Å². The molecule has 0 radical (unpaired) electrons. The first-order valence-corrected chi connectivity index (χ1v) is 15.5. The largest absolute Gasteiger partial charge is 0.494 e. The summed E-state index contributed by atoms with van der Waals surface area (Å²) in [5.74, 6) is 0.271. The number of sulfonamides is 1. The van der Waals surface area contributed by atoms with Crippen molar-refractivity contribution in [1.82, 2.24) is 14.2 Å². The van der Waals surface area contributed by atoms with Crippen molar-refractivity contribution in [1.29, 1.82) is 0 Å². The SMILES string of the molecule is CCN(CC)CCN(C(=O)C1CCCN1S(=O)(=O)c1ccc(Cl)s1)c1nc2c(OC)ccc(Cl)c2s1.Cl. The van der Waals surface area contributed by atoms with Crippen molar-refractivity contribution < 1.29 is 17.9 Å². The summed E-state index contributed by atoms with van der Waals surface area (Å²) in [5, 5.41) is 0.988. The molecule has 1 unspecified atom stereocenters. The van der Waals surface area contributed by atoms with Crippen molar-refractivity contribution >= 4 is 89.6 Å². The van der Waals surface area contributed by atoms with Crippen LogP contribution < -0.4 is 9.64 Å². The number of carbonyl (C=O) groups excluding carboxylic acids is 1. The van der Waals surface area contributed by atoms with E-state index in [9.17, 15) is 13.2 Å². The summed E-state index contributed by atoms with van der Waals surface area (Å²) in [6.45, 7) is 7.07. The van der Waals surface area contributed by atoms with Gasteiger partial charge in [0.1, 0.15) is 21.5 Å². The molecule has 4 rings (SSSR count). The van der Waals surface area contributed by atoms with Gasteiger partial charge in [-0.25, -0.2) is 13.4 Å². The molecule has 3 heterocycles. The summed E-state index contributed by atoms with van der Waals surface area (Å²) in [4.78, 5) is 22.6. The summed E-state index contributed by atoms with van der Waals surface area (Å²) in [7, 11) is -2.30. The zero-order valence-electron chi connectivity index (χ0n) is 20.6. The highest BCUT2D eigenvalue weighted by atomic mass is 35.5. The summed E-state index contributed by atoms with van der Waals surface area (Å²) in [5.41, 5.74) is 0.578. The van der Waals surface area contributed by atoms with Gasteiger partial charge in [-0.3, -0.25) is 9.69 Å². The van der Waals surface area contributed by atoms with Crippen molar-refractivity contribution in [3.05, 3.63) is 33.6 Å². The van der Waals surface area contributed by atoms with Gasteiger partial charge in [0.2, 0.25) is 5.91 Å². The average molecular weight is 628 g/mol. The smallest absolute Gasteiger partial charge is 0.253 e. The molecule has 8 nitrogen and oxygen atoms in total. The van der Waals surface area contributed by atoms with Crippen molar-refractivity contribution in [2.24, 2.45) is 0 Å². The summed E-state index contributed by atoms with van der Waals surface area (Å²) in [6.07, 6.45) is 1.03. The molecule has 1 fully saturated rings.